The van der Waals surface area contributed by atoms with Gasteiger partial charge in [0.2, 0.25) is 15.9 Å². The van der Waals surface area contributed by atoms with Gasteiger partial charge in [0.05, 0.1) is 15.9 Å². The van der Waals surface area contributed by atoms with Gasteiger partial charge in [0, 0.05) is 39.2 Å². The zero-order valence-electron chi connectivity index (χ0n) is 17.1. The Balaban J connectivity index is 1.81. The van der Waals surface area contributed by atoms with Crippen molar-refractivity contribution in [1.82, 2.24) is 13.9 Å². The molecule has 154 valence electrons. The van der Waals surface area contributed by atoms with Crippen LogP contribution in [0.1, 0.15) is 24.7 Å². The maximum atomic E-state index is 12.4. The molecule has 0 aliphatic rings. The van der Waals surface area contributed by atoms with E-state index in [9.17, 15) is 13.2 Å². The summed E-state index contributed by atoms with van der Waals surface area (Å²) in [7, 11) is -0.518. The molecule has 0 spiro atoms. The van der Waals surface area contributed by atoms with Crippen molar-refractivity contribution in [2.75, 3.05) is 19.4 Å². The van der Waals surface area contributed by atoms with Gasteiger partial charge in [-0.05, 0) is 49.7 Å². The van der Waals surface area contributed by atoms with Crippen LogP contribution >= 0.6 is 0 Å². The Kier molecular flexibility index (Phi) is 6.04. The second-order valence-electron chi connectivity index (χ2n) is 7.13. The fraction of sp³-hybridized carbons (Fsp3) is 0.333. The summed E-state index contributed by atoms with van der Waals surface area (Å²) in [6.45, 7) is 4.66. The number of amides is 1. The van der Waals surface area contributed by atoms with E-state index in [-0.39, 0.29) is 10.8 Å². The Morgan fingerprint density at radius 2 is 1.93 bits per heavy atom. The molecule has 0 unspecified atom stereocenters. The monoisotopic (exact) mass is 414 g/mol. The number of carbonyl (C=O) groups excluding carboxylic acids is 1. The van der Waals surface area contributed by atoms with E-state index in [2.05, 4.69) is 10.3 Å². The maximum Gasteiger partial charge on any atom is 0.242 e. The first-order valence-electron chi connectivity index (χ1n) is 9.50. The summed E-state index contributed by atoms with van der Waals surface area (Å²) in [5.41, 5.74) is 3.33. The predicted molar refractivity (Wildman–Crippen MR) is 114 cm³/mol. The van der Waals surface area contributed by atoms with Crippen LogP contribution in [0, 0.1) is 6.92 Å². The van der Waals surface area contributed by atoms with Gasteiger partial charge in [-0.15, -0.1) is 0 Å². The highest BCUT2D eigenvalue weighted by atomic mass is 32.2. The second kappa shape index (κ2) is 8.34. The number of fused-ring (bicyclic) bond motifs is 1. The number of hydrogen-bond acceptors (Lipinski definition) is 4. The van der Waals surface area contributed by atoms with Crippen molar-refractivity contribution in [2.45, 2.75) is 38.1 Å². The van der Waals surface area contributed by atoms with E-state index < -0.39 is 10.0 Å². The van der Waals surface area contributed by atoms with Crippen molar-refractivity contribution in [2.24, 2.45) is 0 Å². The molecule has 0 aliphatic carbocycles. The number of carbonyl (C=O) groups is 1. The fourth-order valence-electron chi connectivity index (χ4n) is 3.25. The van der Waals surface area contributed by atoms with Gasteiger partial charge in [0.25, 0.3) is 0 Å². The molecule has 0 fully saturated rings. The van der Waals surface area contributed by atoms with Crippen molar-refractivity contribution in [3.05, 3.63) is 53.9 Å². The molecule has 0 atom stereocenters. The Morgan fingerprint density at radius 3 is 2.59 bits per heavy atom. The minimum atomic E-state index is -3.52. The van der Waals surface area contributed by atoms with Gasteiger partial charge in [-0.1, -0.05) is 12.1 Å². The lowest BCUT2D eigenvalue weighted by Crippen LogP contribution is -2.22. The van der Waals surface area contributed by atoms with Crippen LogP contribution in [0.25, 0.3) is 11.0 Å². The van der Waals surface area contributed by atoms with E-state index in [4.69, 9.17) is 0 Å². The number of aryl methyl sites for hydroxylation is 3. The fourth-order valence-corrected chi connectivity index (χ4v) is 4.17. The number of nitrogens with one attached hydrogen (secondary N) is 1. The molecule has 3 aromatic rings. The summed E-state index contributed by atoms with van der Waals surface area (Å²) in [5, 5.41) is 2.90. The van der Waals surface area contributed by atoms with Crippen LogP contribution in [0.4, 0.5) is 5.69 Å². The third-order valence-electron chi connectivity index (χ3n) is 4.77. The first-order chi connectivity index (χ1) is 13.7. The van der Waals surface area contributed by atoms with Crippen LogP contribution in [0.2, 0.25) is 0 Å². The molecular formula is C21H26N4O3S. The number of anilines is 1. The van der Waals surface area contributed by atoms with Crippen molar-refractivity contribution >= 4 is 32.7 Å². The average Bonchev–Trinajstić information content (AvgIpc) is 3.02. The van der Waals surface area contributed by atoms with Crippen molar-refractivity contribution in [1.29, 1.82) is 0 Å². The van der Waals surface area contributed by atoms with Crippen molar-refractivity contribution in [3.63, 3.8) is 0 Å². The minimum Gasteiger partial charge on any atom is -0.328 e. The third kappa shape index (κ3) is 4.49. The second-order valence-corrected chi connectivity index (χ2v) is 9.28. The predicted octanol–water partition coefficient (Wildman–Crippen LogP) is 3.19. The number of benzene rings is 2. The van der Waals surface area contributed by atoms with E-state index in [0.29, 0.717) is 24.9 Å². The Hall–Kier alpha value is -2.71. The number of aromatic nitrogens is 2. The average molecular weight is 415 g/mol. The lowest BCUT2D eigenvalue weighted by molar-refractivity contribution is -0.116. The van der Waals surface area contributed by atoms with Gasteiger partial charge in [0.15, 0.2) is 0 Å². The van der Waals surface area contributed by atoms with Gasteiger partial charge in [-0.2, -0.15) is 0 Å². The SMILES string of the molecule is CCn1c(CCC(=O)Nc2cccc(C)c2)nc2cc(S(=O)(=O)N(C)C)ccc21. The normalized spacial score (nSPS) is 11.9. The first-order valence-corrected chi connectivity index (χ1v) is 10.9. The Bertz CT molecular complexity index is 1150. The van der Waals surface area contributed by atoms with Crippen LogP contribution in [0.3, 0.4) is 0 Å². The van der Waals surface area contributed by atoms with Crippen LogP contribution < -0.4 is 5.32 Å². The number of sulfonamides is 1. The molecule has 29 heavy (non-hydrogen) atoms. The molecule has 1 N–H and O–H groups in total. The highest BCUT2D eigenvalue weighted by molar-refractivity contribution is 7.89. The van der Waals surface area contributed by atoms with Crippen LogP contribution in [-0.2, 0) is 27.8 Å². The van der Waals surface area contributed by atoms with E-state index in [0.717, 1.165) is 22.6 Å². The molecule has 0 aliphatic heterocycles. The van der Waals surface area contributed by atoms with Gasteiger partial charge in [-0.25, -0.2) is 17.7 Å². The van der Waals surface area contributed by atoms with E-state index in [1.165, 1.54) is 18.4 Å². The number of hydrogen-bond donors (Lipinski definition) is 1. The van der Waals surface area contributed by atoms with Crippen LogP contribution in [0.5, 0.6) is 0 Å². The smallest absolute Gasteiger partial charge is 0.242 e. The van der Waals surface area contributed by atoms with Crippen LogP contribution in [0.15, 0.2) is 47.4 Å². The third-order valence-corrected chi connectivity index (χ3v) is 6.58. The quantitative estimate of drug-likeness (QED) is 0.643. The molecule has 1 heterocycles. The van der Waals surface area contributed by atoms with Crippen LogP contribution in [-0.4, -0.2) is 42.3 Å². The summed E-state index contributed by atoms with van der Waals surface area (Å²) >= 11 is 0. The molecular weight excluding hydrogens is 388 g/mol. The van der Waals surface area contributed by atoms with Crippen molar-refractivity contribution in [3.8, 4) is 0 Å². The first kappa shape index (κ1) is 21.0. The highest BCUT2D eigenvalue weighted by Crippen LogP contribution is 2.23. The number of imidazole rings is 1. The summed E-state index contributed by atoms with van der Waals surface area (Å²) in [4.78, 5) is 17.2. The molecule has 7 nitrogen and oxygen atoms in total. The topological polar surface area (TPSA) is 84.3 Å². The highest BCUT2D eigenvalue weighted by Gasteiger charge is 2.19. The zero-order valence-corrected chi connectivity index (χ0v) is 18.0. The molecule has 0 saturated heterocycles. The Labute approximate surface area is 171 Å². The molecule has 8 heteroatoms. The maximum absolute atomic E-state index is 12.4. The number of rotatable bonds is 7. The zero-order chi connectivity index (χ0) is 21.2. The largest absolute Gasteiger partial charge is 0.328 e. The van der Waals surface area contributed by atoms with Crippen molar-refractivity contribution < 1.29 is 13.2 Å². The van der Waals surface area contributed by atoms with E-state index in [1.807, 2.05) is 42.7 Å². The van der Waals surface area contributed by atoms with Gasteiger partial charge in [-0.3, -0.25) is 4.79 Å². The van der Waals surface area contributed by atoms with Gasteiger partial charge in [0.1, 0.15) is 5.82 Å². The molecule has 0 radical (unpaired) electrons. The lowest BCUT2D eigenvalue weighted by Gasteiger charge is -2.11. The standard InChI is InChI=1S/C21H26N4O3S/c1-5-25-19-10-9-17(29(27,28)24(3)4)14-18(19)23-20(25)11-12-21(26)22-16-8-6-7-15(2)13-16/h6-10,13-14H,5,11-12H2,1-4H3,(H,22,26). The molecule has 2 aromatic carbocycles. The summed E-state index contributed by atoms with van der Waals surface area (Å²) in [6.07, 6.45) is 0.760. The lowest BCUT2D eigenvalue weighted by atomic mass is 10.2. The molecule has 1 amide bonds. The van der Waals surface area contributed by atoms with Gasteiger partial charge < -0.3 is 9.88 Å². The molecule has 1 aromatic heterocycles. The number of nitrogens with zero attached hydrogens (tertiary/aromatic N) is 3. The molecule has 3 rings (SSSR count). The molecule has 0 bridgehead atoms. The summed E-state index contributed by atoms with van der Waals surface area (Å²) in [5.74, 6) is 0.683. The van der Waals surface area contributed by atoms with E-state index >= 15 is 0 Å². The summed E-state index contributed by atoms with van der Waals surface area (Å²) in [6, 6.07) is 12.6. The molecule has 0 saturated carbocycles. The minimum absolute atomic E-state index is 0.0822. The van der Waals surface area contributed by atoms with E-state index in [1.54, 1.807) is 18.2 Å². The Morgan fingerprint density at radius 1 is 1.17 bits per heavy atom. The summed E-state index contributed by atoms with van der Waals surface area (Å²) < 4.78 is 28.0. The van der Waals surface area contributed by atoms with Gasteiger partial charge >= 0.3 is 0 Å².